The first kappa shape index (κ1) is 22.5. The summed E-state index contributed by atoms with van der Waals surface area (Å²) in [6.07, 6.45) is 0.995. The summed E-state index contributed by atoms with van der Waals surface area (Å²) in [7, 11) is 2.77. The number of ether oxygens (including phenoxy) is 1. The zero-order valence-electron chi connectivity index (χ0n) is 17.7. The Morgan fingerprint density at radius 2 is 1.96 bits per heavy atom. The van der Waals surface area contributed by atoms with Crippen molar-refractivity contribution in [2.45, 2.75) is 31.6 Å². The van der Waals surface area contributed by atoms with Gasteiger partial charge in [0.2, 0.25) is 0 Å². The Balaban J connectivity index is 1.85. The molecule has 0 bridgehead atoms. The van der Waals surface area contributed by atoms with Crippen LogP contribution in [-0.2, 0) is 16.4 Å². The number of sulfone groups is 1. The second kappa shape index (κ2) is 9.60. The molecule has 7 nitrogen and oxygen atoms in total. The predicted molar refractivity (Wildman–Crippen MR) is 115 cm³/mol. The van der Waals surface area contributed by atoms with Crippen molar-refractivity contribution in [1.29, 1.82) is 0 Å². The summed E-state index contributed by atoms with van der Waals surface area (Å²) in [4.78, 5) is 8.49. The van der Waals surface area contributed by atoms with E-state index in [1.165, 1.54) is 0 Å². The standard InChI is InChI=1S/C20H34N4O3S/c1-20(2)16-24(12-14-28(20,25)26)19(21-3)22-15-17-7-9-18(10-8-17)27-13-6-11-23(4)5/h7-10H,6,11-16H2,1-5H3,(H,21,22). The highest BCUT2D eigenvalue weighted by molar-refractivity contribution is 7.92. The molecular weight excluding hydrogens is 376 g/mol. The normalized spacial score (nSPS) is 18.9. The molecule has 28 heavy (non-hydrogen) atoms. The van der Waals surface area contributed by atoms with Gasteiger partial charge in [0.05, 0.1) is 17.1 Å². The second-order valence-corrected chi connectivity index (χ2v) is 10.8. The monoisotopic (exact) mass is 410 g/mol. The molecule has 0 aromatic heterocycles. The van der Waals surface area contributed by atoms with Crippen molar-refractivity contribution in [1.82, 2.24) is 15.1 Å². The van der Waals surface area contributed by atoms with Gasteiger partial charge in [-0.25, -0.2) is 8.42 Å². The van der Waals surface area contributed by atoms with E-state index in [4.69, 9.17) is 4.74 Å². The molecule has 1 N–H and O–H groups in total. The van der Waals surface area contributed by atoms with Crippen LogP contribution >= 0.6 is 0 Å². The molecule has 1 fully saturated rings. The Labute approximate surface area is 169 Å². The maximum atomic E-state index is 12.2. The number of aliphatic imine (C=N–C) groups is 1. The fourth-order valence-electron chi connectivity index (χ4n) is 3.11. The molecule has 0 spiro atoms. The van der Waals surface area contributed by atoms with Crippen LogP contribution < -0.4 is 10.1 Å². The fourth-order valence-corrected chi connectivity index (χ4v) is 4.48. The lowest BCUT2D eigenvalue weighted by Gasteiger charge is -2.39. The summed E-state index contributed by atoms with van der Waals surface area (Å²) < 4.78 is 29.4. The Kier molecular flexibility index (Phi) is 7.71. The smallest absolute Gasteiger partial charge is 0.193 e. The Morgan fingerprint density at radius 3 is 2.54 bits per heavy atom. The van der Waals surface area contributed by atoms with Crippen molar-refractivity contribution in [3.63, 3.8) is 0 Å². The summed E-state index contributed by atoms with van der Waals surface area (Å²) in [6, 6.07) is 8.02. The maximum absolute atomic E-state index is 12.2. The van der Waals surface area contributed by atoms with Crippen LogP contribution in [0.25, 0.3) is 0 Å². The van der Waals surface area contributed by atoms with Gasteiger partial charge in [-0.3, -0.25) is 4.99 Å². The Morgan fingerprint density at radius 1 is 1.29 bits per heavy atom. The third kappa shape index (κ3) is 6.10. The van der Waals surface area contributed by atoms with Crippen LogP contribution in [0.15, 0.2) is 29.3 Å². The molecule has 1 aliphatic rings. The summed E-state index contributed by atoms with van der Waals surface area (Å²) in [6.45, 7) is 6.79. The lowest BCUT2D eigenvalue weighted by Crippen LogP contribution is -2.57. The van der Waals surface area contributed by atoms with Crippen LogP contribution in [0.1, 0.15) is 25.8 Å². The van der Waals surface area contributed by atoms with E-state index in [0.29, 0.717) is 26.2 Å². The Bertz CT molecular complexity index is 758. The van der Waals surface area contributed by atoms with Crippen LogP contribution in [0.4, 0.5) is 0 Å². The number of hydrogen-bond acceptors (Lipinski definition) is 5. The van der Waals surface area contributed by atoms with Crippen LogP contribution in [0.2, 0.25) is 0 Å². The molecule has 0 unspecified atom stereocenters. The van der Waals surface area contributed by atoms with E-state index in [-0.39, 0.29) is 5.75 Å². The van der Waals surface area contributed by atoms with Crippen molar-refractivity contribution in [2.75, 3.05) is 53.1 Å². The predicted octanol–water partition coefficient (Wildman–Crippen LogP) is 1.60. The molecule has 1 heterocycles. The summed E-state index contributed by atoms with van der Waals surface area (Å²) >= 11 is 0. The van der Waals surface area contributed by atoms with Crippen LogP contribution in [0.3, 0.4) is 0 Å². The molecule has 0 amide bonds. The third-order valence-corrected chi connectivity index (χ3v) is 7.48. The first-order chi connectivity index (χ1) is 13.1. The van der Waals surface area contributed by atoms with E-state index >= 15 is 0 Å². The van der Waals surface area contributed by atoms with E-state index in [2.05, 4.69) is 29.3 Å². The number of benzene rings is 1. The zero-order chi connectivity index (χ0) is 20.8. The largest absolute Gasteiger partial charge is 0.494 e. The number of hydrogen-bond donors (Lipinski definition) is 1. The van der Waals surface area contributed by atoms with Crippen LogP contribution in [0.5, 0.6) is 5.75 Å². The number of rotatable bonds is 7. The van der Waals surface area contributed by atoms with Gasteiger partial charge >= 0.3 is 0 Å². The van der Waals surface area contributed by atoms with Crippen molar-refractivity contribution in [3.8, 4) is 5.75 Å². The molecule has 1 saturated heterocycles. The van der Waals surface area contributed by atoms with E-state index in [0.717, 1.165) is 30.2 Å². The van der Waals surface area contributed by atoms with Gasteiger partial charge < -0.3 is 19.9 Å². The van der Waals surface area contributed by atoms with Crippen molar-refractivity contribution in [2.24, 2.45) is 4.99 Å². The van der Waals surface area contributed by atoms with Gasteiger partial charge in [-0.15, -0.1) is 0 Å². The minimum atomic E-state index is -3.06. The minimum absolute atomic E-state index is 0.153. The topological polar surface area (TPSA) is 74.2 Å². The third-order valence-electron chi connectivity index (χ3n) is 4.95. The van der Waals surface area contributed by atoms with Gasteiger partial charge in [-0.1, -0.05) is 12.1 Å². The maximum Gasteiger partial charge on any atom is 0.193 e. The quantitative estimate of drug-likeness (QED) is 0.418. The second-order valence-electron chi connectivity index (χ2n) is 8.05. The van der Waals surface area contributed by atoms with Gasteiger partial charge in [0.15, 0.2) is 15.8 Å². The highest BCUT2D eigenvalue weighted by atomic mass is 32.2. The Hall–Kier alpha value is -1.80. The first-order valence-corrected chi connectivity index (χ1v) is 11.3. The summed E-state index contributed by atoms with van der Waals surface area (Å²) in [5, 5.41) is 3.34. The first-order valence-electron chi connectivity index (χ1n) is 9.69. The van der Waals surface area contributed by atoms with Crippen molar-refractivity contribution < 1.29 is 13.2 Å². The molecule has 1 aromatic rings. The van der Waals surface area contributed by atoms with E-state index in [1.807, 2.05) is 29.2 Å². The minimum Gasteiger partial charge on any atom is -0.494 e. The molecule has 0 atom stereocenters. The van der Waals surface area contributed by atoms with Crippen LogP contribution in [-0.4, -0.2) is 82.1 Å². The number of nitrogens with zero attached hydrogens (tertiary/aromatic N) is 3. The lowest BCUT2D eigenvalue weighted by atomic mass is 10.2. The van der Waals surface area contributed by atoms with Crippen molar-refractivity contribution in [3.05, 3.63) is 29.8 Å². The molecule has 0 radical (unpaired) electrons. The average Bonchev–Trinajstić information content (AvgIpc) is 2.63. The molecule has 1 aliphatic heterocycles. The van der Waals surface area contributed by atoms with Gasteiger partial charge in [0.1, 0.15) is 5.75 Å². The van der Waals surface area contributed by atoms with E-state index in [1.54, 1.807) is 20.9 Å². The molecule has 1 aromatic carbocycles. The number of guanidine groups is 1. The molecule has 8 heteroatoms. The highest BCUT2D eigenvalue weighted by Crippen LogP contribution is 2.23. The molecule has 0 aliphatic carbocycles. The zero-order valence-corrected chi connectivity index (χ0v) is 18.6. The molecule has 0 saturated carbocycles. The average molecular weight is 411 g/mol. The van der Waals surface area contributed by atoms with Crippen molar-refractivity contribution >= 4 is 15.8 Å². The van der Waals surface area contributed by atoms with Gasteiger partial charge in [0.25, 0.3) is 0 Å². The lowest BCUT2D eigenvalue weighted by molar-refractivity contribution is 0.281. The SMILES string of the molecule is CN=C(NCc1ccc(OCCCN(C)C)cc1)N1CCS(=O)(=O)C(C)(C)C1. The summed E-state index contributed by atoms with van der Waals surface area (Å²) in [5.74, 6) is 1.75. The van der Waals surface area contributed by atoms with Gasteiger partial charge in [-0.2, -0.15) is 0 Å². The van der Waals surface area contributed by atoms with Crippen LogP contribution in [0, 0.1) is 0 Å². The fraction of sp³-hybridized carbons (Fsp3) is 0.650. The van der Waals surface area contributed by atoms with Gasteiger partial charge in [0, 0.05) is 33.2 Å². The highest BCUT2D eigenvalue weighted by Gasteiger charge is 2.40. The molecule has 158 valence electrons. The van der Waals surface area contributed by atoms with E-state index < -0.39 is 14.6 Å². The number of nitrogens with one attached hydrogen (secondary N) is 1. The molecule has 2 rings (SSSR count). The summed E-state index contributed by atoms with van der Waals surface area (Å²) in [5.41, 5.74) is 1.12. The van der Waals surface area contributed by atoms with Gasteiger partial charge in [-0.05, 0) is 52.1 Å². The van der Waals surface area contributed by atoms with E-state index in [9.17, 15) is 8.42 Å². The molecular formula is C20H34N4O3S.